The van der Waals surface area contributed by atoms with E-state index in [2.05, 4.69) is 25.8 Å². The molecule has 0 amide bonds. The summed E-state index contributed by atoms with van der Waals surface area (Å²) in [6.07, 6.45) is 2.34. The van der Waals surface area contributed by atoms with Crippen LogP contribution in [0.4, 0.5) is 0 Å². The highest BCUT2D eigenvalue weighted by Gasteiger charge is 2.21. The van der Waals surface area contributed by atoms with E-state index in [4.69, 9.17) is 4.42 Å². The fraction of sp³-hybridized carbons (Fsp3) is 0.357. The Morgan fingerprint density at radius 1 is 1.37 bits per heavy atom. The van der Waals surface area contributed by atoms with Gasteiger partial charge in [-0.3, -0.25) is 4.90 Å². The van der Waals surface area contributed by atoms with Crippen LogP contribution in [-0.4, -0.2) is 34.2 Å². The summed E-state index contributed by atoms with van der Waals surface area (Å²) < 4.78 is 6.55. The van der Waals surface area contributed by atoms with Crippen LogP contribution in [0, 0.1) is 0 Å². The van der Waals surface area contributed by atoms with Crippen molar-refractivity contribution in [3.05, 3.63) is 40.7 Å². The van der Waals surface area contributed by atoms with E-state index in [9.17, 15) is 5.11 Å². The van der Waals surface area contributed by atoms with Crippen molar-refractivity contribution in [2.45, 2.75) is 19.1 Å². The number of aromatic nitrogens is 1. The summed E-state index contributed by atoms with van der Waals surface area (Å²) in [4.78, 5) is 6.68. The third-order valence-corrected chi connectivity index (χ3v) is 3.80. The Kier molecular flexibility index (Phi) is 3.68. The lowest BCUT2D eigenvalue weighted by Crippen LogP contribution is -2.21. The zero-order valence-corrected chi connectivity index (χ0v) is 12.0. The highest BCUT2D eigenvalue weighted by molar-refractivity contribution is 9.10. The van der Waals surface area contributed by atoms with Crippen LogP contribution in [0.25, 0.3) is 11.5 Å². The molecular weight excluding hydrogens is 308 g/mol. The molecule has 1 saturated heterocycles. The summed E-state index contributed by atoms with van der Waals surface area (Å²) in [5.74, 6) is 0.641. The van der Waals surface area contributed by atoms with Gasteiger partial charge in [0, 0.05) is 29.7 Å². The van der Waals surface area contributed by atoms with Crippen LogP contribution in [0.5, 0.6) is 0 Å². The predicted molar refractivity (Wildman–Crippen MR) is 75.5 cm³/mol. The van der Waals surface area contributed by atoms with Crippen molar-refractivity contribution >= 4 is 15.9 Å². The number of aliphatic hydroxyl groups excluding tert-OH is 1. The largest absolute Gasteiger partial charge is 0.444 e. The van der Waals surface area contributed by atoms with E-state index < -0.39 is 0 Å². The molecule has 1 atom stereocenters. The normalized spacial score (nSPS) is 20.0. The first-order valence-corrected chi connectivity index (χ1v) is 7.11. The van der Waals surface area contributed by atoms with Crippen molar-refractivity contribution in [3.63, 3.8) is 0 Å². The van der Waals surface area contributed by atoms with Crippen LogP contribution < -0.4 is 0 Å². The first kappa shape index (κ1) is 12.8. The van der Waals surface area contributed by atoms with Gasteiger partial charge in [-0.15, -0.1) is 0 Å². The molecule has 1 aliphatic heterocycles. The lowest BCUT2D eigenvalue weighted by Gasteiger charge is -2.11. The van der Waals surface area contributed by atoms with Gasteiger partial charge >= 0.3 is 0 Å². The number of benzene rings is 1. The lowest BCUT2D eigenvalue weighted by atomic mass is 10.2. The molecule has 0 saturated carbocycles. The van der Waals surface area contributed by atoms with Crippen LogP contribution >= 0.6 is 15.9 Å². The molecule has 19 heavy (non-hydrogen) atoms. The zero-order chi connectivity index (χ0) is 13.2. The minimum absolute atomic E-state index is 0.196. The molecule has 1 aliphatic rings. The number of hydrogen-bond donors (Lipinski definition) is 1. The SMILES string of the molecule is O[C@H]1CCN(Cc2coc(-c3ccc(Br)cc3)n2)C1. The van der Waals surface area contributed by atoms with Crippen LogP contribution in [-0.2, 0) is 6.54 Å². The molecule has 0 radical (unpaired) electrons. The highest BCUT2D eigenvalue weighted by atomic mass is 79.9. The average Bonchev–Trinajstić information content (AvgIpc) is 3.00. The van der Waals surface area contributed by atoms with Gasteiger partial charge < -0.3 is 9.52 Å². The van der Waals surface area contributed by atoms with Gasteiger partial charge in [0.1, 0.15) is 6.26 Å². The monoisotopic (exact) mass is 322 g/mol. The summed E-state index contributed by atoms with van der Waals surface area (Å²) in [6.45, 7) is 2.37. The Bertz CT molecular complexity index is 553. The second-order valence-corrected chi connectivity index (χ2v) is 5.74. The summed E-state index contributed by atoms with van der Waals surface area (Å²) in [6, 6.07) is 7.88. The average molecular weight is 323 g/mol. The molecule has 0 aliphatic carbocycles. The fourth-order valence-electron chi connectivity index (χ4n) is 2.29. The van der Waals surface area contributed by atoms with Gasteiger partial charge in [0.2, 0.25) is 5.89 Å². The number of aliphatic hydroxyl groups is 1. The van der Waals surface area contributed by atoms with Crippen molar-refractivity contribution in [2.75, 3.05) is 13.1 Å². The Balaban J connectivity index is 1.71. The molecule has 1 aromatic carbocycles. The second-order valence-electron chi connectivity index (χ2n) is 4.83. The smallest absolute Gasteiger partial charge is 0.226 e. The number of nitrogens with zero attached hydrogens (tertiary/aromatic N) is 2. The first-order chi connectivity index (χ1) is 9.20. The van der Waals surface area contributed by atoms with Gasteiger partial charge in [0.15, 0.2) is 0 Å². The topological polar surface area (TPSA) is 49.5 Å². The molecule has 100 valence electrons. The van der Waals surface area contributed by atoms with Gasteiger partial charge in [0.25, 0.3) is 0 Å². The molecule has 3 rings (SSSR count). The molecule has 1 N–H and O–H groups in total. The van der Waals surface area contributed by atoms with Gasteiger partial charge in [0.05, 0.1) is 11.8 Å². The maximum atomic E-state index is 9.50. The number of rotatable bonds is 3. The maximum absolute atomic E-state index is 9.50. The number of hydrogen-bond acceptors (Lipinski definition) is 4. The lowest BCUT2D eigenvalue weighted by molar-refractivity contribution is 0.174. The molecule has 2 heterocycles. The quantitative estimate of drug-likeness (QED) is 0.943. The van der Waals surface area contributed by atoms with Crippen molar-refractivity contribution in [1.82, 2.24) is 9.88 Å². The van der Waals surface area contributed by atoms with E-state index in [1.54, 1.807) is 6.26 Å². The molecule has 2 aromatic rings. The van der Waals surface area contributed by atoms with E-state index in [1.807, 2.05) is 24.3 Å². The van der Waals surface area contributed by atoms with Gasteiger partial charge in [-0.1, -0.05) is 15.9 Å². The molecule has 0 bridgehead atoms. The van der Waals surface area contributed by atoms with E-state index in [0.29, 0.717) is 5.89 Å². The molecular formula is C14H15BrN2O2. The minimum Gasteiger partial charge on any atom is -0.444 e. The number of likely N-dealkylation sites (tertiary alicyclic amines) is 1. The summed E-state index contributed by atoms with van der Waals surface area (Å²) >= 11 is 3.41. The molecule has 1 aromatic heterocycles. The Morgan fingerprint density at radius 3 is 2.84 bits per heavy atom. The molecule has 5 heteroatoms. The van der Waals surface area contributed by atoms with Crippen molar-refractivity contribution in [3.8, 4) is 11.5 Å². The minimum atomic E-state index is -0.196. The Hall–Kier alpha value is -1.17. The van der Waals surface area contributed by atoms with E-state index in [-0.39, 0.29) is 6.10 Å². The van der Waals surface area contributed by atoms with Crippen molar-refractivity contribution in [1.29, 1.82) is 0 Å². The van der Waals surface area contributed by atoms with Gasteiger partial charge in [-0.2, -0.15) is 0 Å². The summed E-state index contributed by atoms with van der Waals surface area (Å²) in [7, 11) is 0. The van der Waals surface area contributed by atoms with E-state index in [1.165, 1.54) is 0 Å². The van der Waals surface area contributed by atoms with Crippen LogP contribution in [0.3, 0.4) is 0 Å². The fourth-order valence-corrected chi connectivity index (χ4v) is 2.55. The number of oxazole rings is 1. The van der Waals surface area contributed by atoms with Gasteiger partial charge in [-0.25, -0.2) is 4.98 Å². The van der Waals surface area contributed by atoms with Crippen molar-refractivity contribution < 1.29 is 9.52 Å². The highest BCUT2D eigenvalue weighted by Crippen LogP contribution is 2.22. The third kappa shape index (κ3) is 3.05. The standard InChI is InChI=1S/C14H15BrN2O2/c15-11-3-1-10(2-4-11)14-16-12(9-19-14)7-17-6-5-13(18)8-17/h1-4,9,13,18H,5-8H2/t13-/m0/s1. The molecule has 1 fully saturated rings. The Morgan fingerprint density at radius 2 is 2.16 bits per heavy atom. The Labute approximate surface area is 120 Å². The third-order valence-electron chi connectivity index (χ3n) is 3.28. The molecule has 4 nitrogen and oxygen atoms in total. The van der Waals surface area contributed by atoms with Crippen LogP contribution in [0.1, 0.15) is 12.1 Å². The number of halogens is 1. The number of β-amino-alcohol motifs (C(OH)–C–C–N with tert-alkyl or cyclic N) is 1. The summed E-state index contributed by atoms with van der Waals surface area (Å²) in [5.41, 5.74) is 1.88. The summed E-state index contributed by atoms with van der Waals surface area (Å²) in [5, 5.41) is 9.50. The second kappa shape index (κ2) is 5.45. The van der Waals surface area contributed by atoms with E-state index >= 15 is 0 Å². The molecule has 0 spiro atoms. The zero-order valence-electron chi connectivity index (χ0n) is 10.4. The van der Waals surface area contributed by atoms with E-state index in [0.717, 1.165) is 41.8 Å². The van der Waals surface area contributed by atoms with Gasteiger partial charge in [-0.05, 0) is 30.7 Å². The van der Waals surface area contributed by atoms with Crippen molar-refractivity contribution in [2.24, 2.45) is 0 Å². The van der Waals surface area contributed by atoms with Crippen LogP contribution in [0.15, 0.2) is 39.4 Å². The maximum Gasteiger partial charge on any atom is 0.226 e. The predicted octanol–water partition coefficient (Wildman–Crippen LogP) is 2.67. The van der Waals surface area contributed by atoms with Crippen LogP contribution in [0.2, 0.25) is 0 Å². The first-order valence-electron chi connectivity index (χ1n) is 6.31. The molecule has 0 unspecified atom stereocenters.